The van der Waals surface area contributed by atoms with Crippen LogP contribution < -0.4 is 10.6 Å². The summed E-state index contributed by atoms with van der Waals surface area (Å²) in [6.45, 7) is 1.49. The largest absolute Gasteiger partial charge is 0.383 e. The van der Waals surface area contributed by atoms with Crippen molar-refractivity contribution in [1.82, 2.24) is 5.32 Å². The zero-order chi connectivity index (χ0) is 14.1. The molecule has 0 bridgehead atoms. The summed E-state index contributed by atoms with van der Waals surface area (Å²) in [6.07, 6.45) is 0.348. The third-order valence-electron chi connectivity index (χ3n) is 2.42. The zero-order valence-electron chi connectivity index (χ0n) is 10.7. The van der Waals surface area contributed by atoms with Gasteiger partial charge in [0.1, 0.15) is 6.07 Å². The van der Waals surface area contributed by atoms with Gasteiger partial charge in [-0.05, 0) is 28.1 Å². The lowest BCUT2D eigenvalue weighted by Gasteiger charge is -2.09. The van der Waals surface area contributed by atoms with Gasteiger partial charge in [-0.2, -0.15) is 5.26 Å². The molecule has 1 amide bonds. The molecule has 0 saturated carbocycles. The van der Waals surface area contributed by atoms with E-state index in [4.69, 9.17) is 10.00 Å². The Morgan fingerprint density at radius 3 is 2.95 bits per heavy atom. The van der Waals surface area contributed by atoms with Crippen LogP contribution in [0.3, 0.4) is 0 Å². The first-order valence-corrected chi connectivity index (χ1v) is 6.66. The number of carbonyl (C=O) groups excluding carboxylic acids is 1. The molecule has 0 aliphatic heterocycles. The molecule has 0 radical (unpaired) electrons. The number of benzene rings is 1. The molecule has 0 aliphatic carbocycles. The van der Waals surface area contributed by atoms with E-state index < -0.39 is 0 Å². The summed E-state index contributed by atoms with van der Waals surface area (Å²) in [5, 5.41) is 14.9. The third kappa shape index (κ3) is 5.28. The highest BCUT2D eigenvalue weighted by Crippen LogP contribution is 2.23. The lowest BCUT2D eigenvalue weighted by Crippen LogP contribution is -2.28. The number of anilines is 1. The average Bonchev–Trinajstić information content (AvgIpc) is 2.39. The lowest BCUT2D eigenvalue weighted by atomic mass is 10.2. The molecule has 6 heteroatoms. The number of nitrogens with zero attached hydrogens (tertiary/aromatic N) is 1. The van der Waals surface area contributed by atoms with Crippen molar-refractivity contribution in [3.8, 4) is 6.07 Å². The second-order valence-corrected chi connectivity index (χ2v) is 4.65. The molecule has 5 nitrogen and oxygen atoms in total. The molecule has 1 aromatic rings. The molecule has 0 heterocycles. The molecular formula is C13H16BrN3O2. The summed E-state index contributed by atoms with van der Waals surface area (Å²) in [5.41, 5.74) is 1.27. The average molecular weight is 326 g/mol. The number of amides is 1. The monoisotopic (exact) mass is 325 g/mol. The number of rotatable bonds is 7. The van der Waals surface area contributed by atoms with Crippen molar-refractivity contribution in [3.05, 3.63) is 28.2 Å². The first kappa shape index (κ1) is 15.5. The van der Waals surface area contributed by atoms with Crippen molar-refractivity contribution < 1.29 is 9.53 Å². The number of ether oxygens (including phenoxy) is 1. The van der Waals surface area contributed by atoms with Crippen LogP contribution in [0.1, 0.15) is 12.0 Å². The van der Waals surface area contributed by atoms with Gasteiger partial charge in [0, 0.05) is 31.1 Å². The smallest absolute Gasteiger partial charge is 0.221 e. The zero-order valence-corrected chi connectivity index (χ0v) is 12.3. The van der Waals surface area contributed by atoms with Crippen LogP contribution in [-0.2, 0) is 9.53 Å². The van der Waals surface area contributed by atoms with Crippen molar-refractivity contribution in [2.24, 2.45) is 0 Å². The Labute approximate surface area is 121 Å². The molecule has 0 saturated heterocycles. The summed E-state index contributed by atoms with van der Waals surface area (Å²) in [4.78, 5) is 11.4. The minimum absolute atomic E-state index is 0.0435. The molecule has 1 rings (SSSR count). The molecule has 0 unspecified atom stereocenters. The quantitative estimate of drug-likeness (QED) is 0.751. The van der Waals surface area contributed by atoms with E-state index in [1.807, 2.05) is 12.1 Å². The maximum absolute atomic E-state index is 11.4. The molecule has 19 heavy (non-hydrogen) atoms. The highest BCUT2D eigenvalue weighted by atomic mass is 79.9. The second-order valence-electron chi connectivity index (χ2n) is 3.79. The van der Waals surface area contributed by atoms with E-state index in [1.165, 1.54) is 0 Å². The Kier molecular flexibility index (Phi) is 6.93. The van der Waals surface area contributed by atoms with E-state index in [1.54, 1.807) is 13.2 Å². The van der Waals surface area contributed by atoms with Crippen molar-refractivity contribution in [3.63, 3.8) is 0 Å². The fraction of sp³-hybridized carbons (Fsp3) is 0.385. The SMILES string of the molecule is COCCNC(=O)CCNc1cccc(Br)c1C#N. The number of carbonyl (C=O) groups is 1. The number of nitriles is 1. The summed E-state index contributed by atoms with van der Waals surface area (Å²) < 4.78 is 5.58. The normalized spacial score (nSPS) is 9.74. The van der Waals surface area contributed by atoms with E-state index in [-0.39, 0.29) is 5.91 Å². The minimum atomic E-state index is -0.0435. The minimum Gasteiger partial charge on any atom is -0.383 e. The molecule has 0 atom stereocenters. The highest BCUT2D eigenvalue weighted by Gasteiger charge is 2.06. The Balaban J connectivity index is 2.40. The van der Waals surface area contributed by atoms with Crippen LogP contribution in [0.5, 0.6) is 0 Å². The number of nitrogens with one attached hydrogen (secondary N) is 2. The van der Waals surface area contributed by atoms with Crippen LogP contribution in [0.4, 0.5) is 5.69 Å². The van der Waals surface area contributed by atoms with Gasteiger partial charge < -0.3 is 15.4 Å². The van der Waals surface area contributed by atoms with E-state index in [0.717, 1.165) is 10.2 Å². The van der Waals surface area contributed by atoms with Gasteiger partial charge in [0.15, 0.2) is 0 Å². The Hall–Kier alpha value is -1.58. The Bertz CT molecular complexity index is 471. The van der Waals surface area contributed by atoms with Gasteiger partial charge in [-0.25, -0.2) is 0 Å². The van der Waals surface area contributed by atoms with Gasteiger partial charge in [0.05, 0.1) is 17.9 Å². The van der Waals surface area contributed by atoms with Gasteiger partial charge >= 0.3 is 0 Å². The van der Waals surface area contributed by atoms with Crippen LogP contribution in [0.25, 0.3) is 0 Å². The van der Waals surface area contributed by atoms with Gasteiger partial charge in [-0.1, -0.05) is 6.07 Å². The number of halogens is 1. The molecule has 1 aromatic carbocycles. The standard InChI is InChI=1S/C13H16BrN3O2/c1-19-8-7-17-13(18)5-6-16-12-4-2-3-11(14)10(12)9-15/h2-4,16H,5-8H2,1H3,(H,17,18). The van der Waals surface area contributed by atoms with Gasteiger partial charge in [0.25, 0.3) is 0 Å². The highest BCUT2D eigenvalue weighted by molar-refractivity contribution is 9.10. The summed E-state index contributed by atoms with van der Waals surface area (Å²) in [7, 11) is 1.59. The molecule has 102 valence electrons. The van der Waals surface area contributed by atoms with Crippen molar-refractivity contribution in [2.45, 2.75) is 6.42 Å². The predicted octanol–water partition coefficient (Wildman–Crippen LogP) is 1.89. The van der Waals surface area contributed by atoms with E-state index in [2.05, 4.69) is 32.6 Å². The first-order valence-electron chi connectivity index (χ1n) is 5.87. The molecule has 0 spiro atoms. The number of methoxy groups -OCH3 is 1. The van der Waals surface area contributed by atoms with E-state index in [0.29, 0.717) is 31.7 Å². The first-order chi connectivity index (χ1) is 9.19. The number of hydrogen-bond acceptors (Lipinski definition) is 4. The summed E-state index contributed by atoms with van der Waals surface area (Å²) >= 11 is 3.31. The predicted molar refractivity (Wildman–Crippen MR) is 76.8 cm³/mol. The Morgan fingerprint density at radius 1 is 1.47 bits per heavy atom. The van der Waals surface area contributed by atoms with Crippen LogP contribution in [0.2, 0.25) is 0 Å². The Morgan fingerprint density at radius 2 is 2.26 bits per heavy atom. The summed E-state index contributed by atoms with van der Waals surface area (Å²) in [5.74, 6) is -0.0435. The van der Waals surface area contributed by atoms with E-state index >= 15 is 0 Å². The third-order valence-corrected chi connectivity index (χ3v) is 3.08. The van der Waals surface area contributed by atoms with Gasteiger partial charge in [0.2, 0.25) is 5.91 Å². The van der Waals surface area contributed by atoms with Crippen molar-refractivity contribution >= 4 is 27.5 Å². The van der Waals surface area contributed by atoms with E-state index in [9.17, 15) is 4.79 Å². The fourth-order valence-corrected chi connectivity index (χ4v) is 1.93. The van der Waals surface area contributed by atoms with Gasteiger partial charge in [-0.15, -0.1) is 0 Å². The lowest BCUT2D eigenvalue weighted by molar-refractivity contribution is -0.121. The van der Waals surface area contributed by atoms with Crippen molar-refractivity contribution in [2.75, 3.05) is 32.1 Å². The molecule has 0 aliphatic rings. The topological polar surface area (TPSA) is 74.2 Å². The second kappa shape index (κ2) is 8.51. The fourth-order valence-electron chi connectivity index (χ4n) is 1.48. The van der Waals surface area contributed by atoms with Crippen LogP contribution in [0, 0.1) is 11.3 Å². The molecule has 0 fully saturated rings. The van der Waals surface area contributed by atoms with Crippen molar-refractivity contribution in [1.29, 1.82) is 5.26 Å². The molecular weight excluding hydrogens is 310 g/mol. The van der Waals surface area contributed by atoms with Gasteiger partial charge in [-0.3, -0.25) is 4.79 Å². The van der Waals surface area contributed by atoms with Crippen LogP contribution >= 0.6 is 15.9 Å². The van der Waals surface area contributed by atoms with Crippen LogP contribution in [0.15, 0.2) is 22.7 Å². The maximum Gasteiger partial charge on any atom is 0.221 e. The molecule has 2 N–H and O–H groups in total. The molecule has 0 aromatic heterocycles. The van der Waals surface area contributed by atoms with Crippen LogP contribution in [-0.4, -0.2) is 32.7 Å². The maximum atomic E-state index is 11.4. The number of hydrogen-bond donors (Lipinski definition) is 2. The summed E-state index contributed by atoms with van der Waals surface area (Å²) in [6, 6.07) is 7.58.